The molecular formula is C15H21N3. The van der Waals surface area contributed by atoms with Gasteiger partial charge >= 0.3 is 0 Å². The molecule has 1 aromatic carbocycles. The van der Waals surface area contributed by atoms with Crippen molar-refractivity contribution in [1.82, 2.24) is 4.98 Å². The number of unbranched alkanes of at least 4 members (excludes halogenated alkanes) is 1. The summed E-state index contributed by atoms with van der Waals surface area (Å²) < 4.78 is 0. The molecule has 3 nitrogen and oxygen atoms in total. The average molecular weight is 243 g/mol. The van der Waals surface area contributed by atoms with Gasteiger partial charge in [-0.25, -0.2) is 4.98 Å². The van der Waals surface area contributed by atoms with Crippen LogP contribution in [0.25, 0.3) is 10.9 Å². The number of pyridine rings is 1. The van der Waals surface area contributed by atoms with Crippen molar-refractivity contribution in [3.05, 3.63) is 36.4 Å². The molecule has 2 aromatic rings. The number of benzene rings is 1. The first-order valence-electron chi connectivity index (χ1n) is 6.66. The minimum absolute atomic E-state index is 0.318. The molecule has 3 N–H and O–H groups in total. The number of nitrogens with two attached hydrogens (primary N) is 1. The summed E-state index contributed by atoms with van der Waals surface area (Å²) in [6.45, 7) is 2.84. The van der Waals surface area contributed by atoms with Gasteiger partial charge in [0.1, 0.15) is 5.82 Å². The number of hydrogen-bond donors (Lipinski definition) is 2. The van der Waals surface area contributed by atoms with Crippen molar-refractivity contribution in [3.8, 4) is 0 Å². The number of para-hydroxylation sites is 1. The molecule has 0 radical (unpaired) electrons. The van der Waals surface area contributed by atoms with Gasteiger partial charge in [0.15, 0.2) is 0 Å². The van der Waals surface area contributed by atoms with Crippen molar-refractivity contribution in [1.29, 1.82) is 0 Å². The zero-order valence-electron chi connectivity index (χ0n) is 10.9. The number of nitrogens with zero attached hydrogens (tertiary/aromatic N) is 1. The minimum Gasteiger partial charge on any atom is -0.366 e. The summed E-state index contributed by atoms with van der Waals surface area (Å²) in [6.07, 6.45) is 3.49. The molecule has 0 bridgehead atoms. The summed E-state index contributed by atoms with van der Waals surface area (Å²) in [6, 6.07) is 12.6. The van der Waals surface area contributed by atoms with E-state index in [-0.39, 0.29) is 0 Å². The van der Waals surface area contributed by atoms with E-state index in [0.717, 1.165) is 17.8 Å². The van der Waals surface area contributed by atoms with Crippen LogP contribution in [0, 0.1) is 0 Å². The van der Waals surface area contributed by atoms with Crippen LogP contribution in [-0.2, 0) is 0 Å². The summed E-state index contributed by atoms with van der Waals surface area (Å²) in [4.78, 5) is 4.60. The highest BCUT2D eigenvalue weighted by atomic mass is 15.0. The molecule has 0 aliphatic heterocycles. The lowest BCUT2D eigenvalue weighted by molar-refractivity contribution is 0.612. The monoisotopic (exact) mass is 243 g/mol. The third-order valence-electron chi connectivity index (χ3n) is 3.14. The predicted molar refractivity (Wildman–Crippen MR) is 77.7 cm³/mol. The van der Waals surface area contributed by atoms with Crippen molar-refractivity contribution >= 4 is 16.7 Å². The first kappa shape index (κ1) is 12.8. The van der Waals surface area contributed by atoms with Crippen LogP contribution >= 0.6 is 0 Å². The van der Waals surface area contributed by atoms with Gasteiger partial charge in [0, 0.05) is 18.0 Å². The highest BCUT2D eigenvalue weighted by Crippen LogP contribution is 2.15. The molecule has 0 aliphatic rings. The predicted octanol–water partition coefficient (Wildman–Crippen LogP) is 3.16. The van der Waals surface area contributed by atoms with Gasteiger partial charge in [-0.1, -0.05) is 38.0 Å². The van der Waals surface area contributed by atoms with E-state index in [9.17, 15) is 0 Å². The van der Waals surface area contributed by atoms with Gasteiger partial charge in [0.25, 0.3) is 0 Å². The smallest absolute Gasteiger partial charge is 0.126 e. The highest BCUT2D eigenvalue weighted by molar-refractivity contribution is 5.80. The quantitative estimate of drug-likeness (QED) is 0.819. The van der Waals surface area contributed by atoms with Crippen molar-refractivity contribution in [3.63, 3.8) is 0 Å². The molecule has 0 fully saturated rings. The standard InChI is InChI=1S/C15H21N3/c1-2-3-7-13(11-16)17-15-10-9-12-6-4-5-8-14(12)18-15/h4-6,8-10,13H,2-3,7,11,16H2,1H3,(H,17,18). The maximum Gasteiger partial charge on any atom is 0.126 e. The fourth-order valence-electron chi connectivity index (χ4n) is 2.06. The normalized spacial score (nSPS) is 12.6. The lowest BCUT2D eigenvalue weighted by Crippen LogP contribution is -2.29. The first-order chi connectivity index (χ1) is 8.83. The van der Waals surface area contributed by atoms with Gasteiger partial charge in [0.2, 0.25) is 0 Å². The van der Waals surface area contributed by atoms with Crippen LogP contribution in [0.2, 0.25) is 0 Å². The Hall–Kier alpha value is -1.61. The molecule has 96 valence electrons. The van der Waals surface area contributed by atoms with Gasteiger partial charge < -0.3 is 11.1 Å². The van der Waals surface area contributed by atoms with E-state index in [4.69, 9.17) is 5.73 Å². The molecule has 0 saturated carbocycles. The Morgan fingerprint density at radius 1 is 1.22 bits per heavy atom. The number of hydrogen-bond acceptors (Lipinski definition) is 3. The molecule has 0 aliphatic carbocycles. The Balaban J connectivity index is 2.10. The summed E-state index contributed by atoms with van der Waals surface area (Å²) in [5, 5.41) is 4.59. The molecule has 18 heavy (non-hydrogen) atoms. The molecule has 1 aromatic heterocycles. The van der Waals surface area contributed by atoms with E-state index in [2.05, 4.69) is 29.4 Å². The topological polar surface area (TPSA) is 50.9 Å². The fraction of sp³-hybridized carbons (Fsp3) is 0.400. The maximum absolute atomic E-state index is 5.78. The van der Waals surface area contributed by atoms with E-state index < -0.39 is 0 Å². The van der Waals surface area contributed by atoms with Crippen molar-refractivity contribution in [2.75, 3.05) is 11.9 Å². The Bertz CT molecular complexity index is 496. The van der Waals surface area contributed by atoms with E-state index in [1.165, 1.54) is 18.2 Å². The van der Waals surface area contributed by atoms with Crippen LogP contribution in [0.5, 0.6) is 0 Å². The number of rotatable bonds is 6. The second-order valence-corrected chi connectivity index (χ2v) is 4.61. The zero-order valence-corrected chi connectivity index (χ0v) is 10.9. The van der Waals surface area contributed by atoms with E-state index >= 15 is 0 Å². The number of aromatic nitrogens is 1. The van der Waals surface area contributed by atoms with Crippen LogP contribution < -0.4 is 11.1 Å². The Labute approximate surface area is 108 Å². The van der Waals surface area contributed by atoms with Crippen LogP contribution in [0.1, 0.15) is 26.2 Å². The molecule has 0 saturated heterocycles. The Morgan fingerprint density at radius 2 is 2.06 bits per heavy atom. The second kappa shape index (κ2) is 6.36. The van der Waals surface area contributed by atoms with Crippen LogP contribution in [-0.4, -0.2) is 17.6 Å². The van der Waals surface area contributed by atoms with Gasteiger partial charge in [-0.15, -0.1) is 0 Å². The molecule has 3 heteroatoms. The van der Waals surface area contributed by atoms with Crippen LogP contribution in [0.3, 0.4) is 0 Å². The molecule has 0 amide bonds. The third-order valence-corrected chi connectivity index (χ3v) is 3.14. The van der Waals surface area contributed by atoms with Crippen molar-refractivity contribution in [2.45, 2.75) is 32.2 Å². The van der Waals surface area contributed by atoms with Crippen molar-refractivity contribution in [2.24, 2.45) is 5.73 Å². The minimum atomic E-state index is 0.318. The van der Waals surface area contributed by atoms with Gasteiger partial charge in [0.05, 0.1) is 5.52 Å². The van der Waals surface area contributed by atoms with E-state index in [0.29, 0.717) is 12.6 Å². The summed E-state index contributed by atoms with van der Waals surface area (Å²) in [7, 11) is 0. The van der Waals surface area contributed by atoms with Crippen LogP contribution in [0.4, 0.5) is 5.82 Å². The lowest BCUT2D eigenvalue weighted by atomic mass is 10.1. The van der Waals surface area contributed by atoms with Gasteiger partial charge in [-0.2, -0.15) is 0 Å². The highest BCUT2D eigenvalue weighted by Gasteiger charge is 2.06. The van der Waals surface area contributed by atoms with E-state index in [1.54, 1.807) is 0 Å². The molecule has 1 unspecified atom stereocenters. The molecule has 1 heterocycles. The summed E-state index contributed by atoms with van der Waals surface area (Å²) in [5.74, 6) is 0.917. The zero-order chi connectivity index (χ0) is 12.8. The first-order valence-corrected chi connectivity index (χ1v) is 6.66. The second-order valence-electron chi connectivity index (χ2n) is 4.61. The molecule has 0 spiro atoms. The molecular weight excluding hydrogens is 222 g/mol. The van der Waals surface area contributed by atoms with Gasteiger partial charge in [-0.05, 0) is 24.6 Å². The maximum atomic E-state index is 5.78. The third kappa shape index (κ3) is 3.20. The Morgan fingerprint density at radius 3 is 2.83 bits per heavy atom. The summed E-state index contributed by atoms with van der Waals surface area (Å²) >= 11 is 0. The Kier molecular flexibility index (Phi) is 4.53. The number of nitrogens with one attached hydrogen (secondary N) is 1. The fourth-order valence-corrected chi connectivity index (χ4v) is 2.06. The molecule has 2 rings (SSSR count). The summed E-state index contributed by atoms with van der Waals surface area (Å²) in [5.41, 5.74) is 6.81. The largest absolute Gasteiger partial charge is 0.366 e. The van der Waals surface area contributed by atoms with Crippen molar-refractivity contribution < 1.29 is 0 Å². The number of anilines is 1. The van der Waals surface area contributed by atoms with Crippen LogP contribution in [0.15, 0.2) is 36.4 Å². The number of fused-ring (bicyclic) bond motifs is 1. The van der Waals surface area contributed by atoms with E-state index in [1.807, 2.05) is 24.3 Å². The lowest BCUT2D eigenvalue weighted by Gasteiger charge is -2.17. The SMILES string of the molecule is CCCCC(CN)Nc1ccc2ccccc2n1. The molecule has 1 atom stereocenters. The average Bonchev–Trinajstić information content (AvgIpc) is 2.43. The van der Waals surface area contributed by atoms with Gasteiger partial charge in [-0.3, -0.25) is 0 Å².